The van der Waals surface area contributed by atoms with Gasteiger partial charge in [-0.3, -0.25) is 4.79 Å². The van der Waals surface area contributed by atoms with Crippen LogP contribution in [0.15, 0.2) is 20.3 Å². The van der Waals surface area contributed by atoms with Gasteiger partial charge < -0.3 is 15.1 Å². The van der Waals surface area contributed by atoms with Gasteiger partial charge in [-0.05, 0) is 22.0 Å². The van der Waals surface area contributed by atoms with Crippen LogP contribution in [0.1, 0.15) is 21.1 Å². The summed E-state index contributed by atoms with van der Waals surface area (Å²) in [5.41, 5.74) is 6.28. The Morgan fingerprint density at radius 1 is 1.61 bits per heavy atom. The number of nitrogen functional groups attached to an aromatic ring is 1. The van der Waals surface area contributed by atoms with E-state index >= 15 is 0 Å². The highest BCUT2D eigenvalue weighted by atomic mass is 79.9. The van der Waals surface area contributed by atoms with E-state index in [0.29, 0.717) is 19.5 Å². The van der Waals surface area contributed by atoms with E-state index in [0.717, 1.165) is 20.8 Å². The van der Waals surface area contributed by atoms with Gasteiger partial charge in [0.1, 0.15) is 11.5 Å². The smallest absolute Gasteiger partial charge is 0.292 e. The number of nitrogens with zero attached hydrogens (tertiary/aromatic N) is 2. The van der Waals surface area contributed by atoms with E-state index in [9.17, 15) is 4.79 Å². The lowest BCUT2D eigenvalue weighted by Gasteiger charge is -2.24. The maximum atomic E-state index is 12.3. The molecule has 0 unspecified atom stereocenters. The van der Waals surface area contributed by atoms with Crippen LogP contribution < -0.4 is 5.73 Å². The van der Waals surface area contributed by atoms with Crippen LogP contribution >= 0.6 is 27.3 Å². The van der Waals surface area contributed by atoms with Crippen molar-refractivity contribution in [3.63, 3.8) is 0 Å². The minimum Gasteiger partial charge on any atom is -0.428 e. The maximum Gasteiger partial charge on any atom is 0.292 e. The molecule has 18 heavy (non-hydrogen) atoms. The van der Waals surface area contributed by atoms with Crippen molar-refractivity contribution in [2.24, 2.45) is 0 Å². The summed E-state index contributed by atoms with van der Waals surface area (Å²) in [5.74, 6) is 0.821. The first-order valence-electron chi connectivity index (χ1n) is 5.41. The van der Waals surface area contributed by atoms with Gasteiger partial charge in [0.25, 0.3) is 11.9 Å². The van der Waals surface area contributed by atoms with Gasteiger partial charge in [-0.15, -0.1) is 11.3 Å². The first-order chi connectivity index (χ1) is 8.63. The second kappa shape index (κ2) is 4.40. The standard InChI is InChI=1S/C11H10BrN3O2S/c12-6-3-9(18-5-6)10(16)15-2-1-8-7(4-15)14-11(13)17-8/h3,5H,1-2,4H2,(H2,13,14). The van der Waals surface area contributed by atoms with Crippen LogP contribution in [-0.2, 0) is 13.0 Å². The second-order valence-electron chi connectivity index (χ2n) is 4.03. The Morgan fingerprint density at radius 2 is 2.44 bits per heavy atom. The van der Waals surface area contributed by atoms with Gasteiger partial charge in [0.15, 0.2) is 0 Å². The van der Waals surface area contributed by atoms with Gasteiger partial charge in [0.2, 0.25) is 0 Å². The van der Waals surface area contributed by atoms with E-state index < -0.39 is 0 Å². The number of halogens is 1. The topological polar surface area (TPSA) is 72.4 Å². The number of rotatable bonds is 1. The van der Waals surface area contributed by atoms with Gasteiger partial charge in [-0.2, -0.15) is 4.98 Å². The summed E-state index contributed by atoms with van der Waals surface area (Å²) in [7, 11) is 0. The summed E-state index contributed by atoms with van der Waals surface area (Å²) < 4.78 is 6.20. The number of fused-ring (bicyclic) bond motifs is 1. The highest BCUT2D eigenvalue weighted by Gasteiger charge is 2.26. The Hall–Kier alpha value is -1.34. The fourth-order valence-electron chi connectivity index (χ4n) is 1.97. The molecule has 0 saturated heterocycles. The first-order valence-corrected chi connectivity index (χ1v) is 7.08. The Bertz CT molecular complexity index is 607. The number of carbonyl (C=O) groups is 1. The van der Waals surface area contributed by atoms with Gasteiger partial charge >= 0.3 is 0 Å². The molecule has 0 spiro atoms. The number of hydrogen-bond acceptors (Lipinski definition) is 5. The molecule has 0 aliphatic carbocycles. The molecule has 0 atom stereocenters. The molecule has 94 valence electrons. The van der Waals surface area contributed by atoms with Crippen LogP contribution in [-0.4, -0.2) is 22.3 Å². The zero-order valence-electron chi connectivity index (χ0n) is 9.35. The quantitative estimate of drug-likeness (QED) is 0.872. The fourth-order valence-corrected chi connectivity index (χ4v) is 3.37. The SMILES string of the molecule is Nc1nc2c(o1)CCN(C(=O)c1cc(Br)cs1)C2. The number of aromatic nitrogens is 1. The molecule has 2 aromatic heterocycles. The summed E-state index contributed by atoms with van der Waals surface area (Å²) in [6.45, 7) is 1.10. The number of nitrogens with two attached hydrogens (primary N) is 1. The lowest BCUT2D eigenvalue weighted by Crippen LogP contribution is -2.35. The number of carbonyl (C=O) groups excluding carboxylic acids is 1. The molecular weight excluding hydrogens is 318 g/mol. The predicted molar refractivity (Wildman–Crippen MR) is 71.4 cm³/mol. The minimum atomic E-state index is 0.0259. The lowest BCUT2D eigenvalue weighted by atomic mass is 10.1. The molecular formula is C11H10BrN3O2S. The highest BCUT2D eigenvalue weighted by molar-refractivity contribution is 9.10. The Morgan fingerprint density at radius 3 is 3.17 bits per heavy atom. The van der Waals surface area contributed by atoms with Crippen molar-refractivity contribution in [1.29, 1.82) is 0 Å². The molecule has 7 heteroatoms. The third-order valence-electron chi connectivity index (χ3n) is 2.81. The molecule has 0 saturated carbocycles. The largest absolute Gasteiger partial charge is 0.428 e. The monoisotopic (exact) mass is 327 g/mol. The number of oxazole rings is 1. The predicted octanol–water partition coefficient (Wildman–Crippen LogP) is 2.28. The molecule has 0 fully saturated rings. The second-order valence-corrected chi connectivity index (χ2v) is 5.85. The van der Waals surface area contributed by atoms with Crippen molar-refractivity contribution in [3.8, 4) is 0 Å². The molecule has 3 heterocycles. The Kier molecular flexibility index (Phi) is 2.87. The normalized spacial score (nSPS) is 14.6. The Balaban J connectivity index is 1.81. The van der Waals surface area contributed by atoms with Crippen molar-refractivity contribution in [2.75, 3.05) is 12.3 Å². The average molecular weight is 328 g/mol. The van der Waals surface area contributed by atoms with Crippen molar-refractivity contribution in [2.45, 2.75) is 13.0 Å². The molecule has 2 N–H and O–H groups in total. The molecule has 5 nitrogen and oxygen atoms in total. The van der Waals surface area contributed by atoms with E-state index in [-0.39, 0.29) is 11.9 Å². The van der Waals surface area contributed by atoms with Crippen LogP contribution in [0.4, 0.5) is 6.01 Å². The number of hydrogen-bond donors (Lipinski definition) is 1. The van der Waals surface area contributed by atoms with Crippen molar-refractivity contribution >= 4 is 39.2 Å². The Labute approximate surface area is 116 Å². The van der Waals surface area contributed by atoms with E-state index in [1.54, 1.807) is 4.90 Å². The first kappa shape index (κ1) is 11.7. The van der Waals surface area contributed by atoms with Gasteiger partial charge in [-0.25, -0.2) is 0 Å². The van der Waals surface area contributed by atoms with Crippen LogP contribution in [0.25, 0.3) is 0 Å². The fraction of sp³-hybridized carbons (Fsp3) is 0.273. The molecule has 2 aromatic rings. The minimum absolute atomic E-state index is 0.0259. The summed E-state index contributed by atoms with van der Waals surface area (Å²) in [4.78, 5) is 18.8. The summed E-state index contributed by atoms with van der Waals surface area (Å²) in [5, 5.41) is 1.90. The van der Waals surface area contributed by atoms with Gasteiger partial charge in [0.05, 0.1) is 11.4 Å². The van der Waals surface area contributed by atoms with E-state index in [1.807, 2.05) is 11.4 Å². The zero-order chi connectivity index (χ0) is 12.7. The van der Waals surface area contributed by atoms with Gasteiger partial charge in [-0.1, -0.05) is 0 Å². The van der Waals surface area contributed by atoms with Crippen LogP contribution in [0, 0.1) is 0 Å². The maximum absolute atomic E-state index is 12.3. The molecule has 3 rings (SSSR count). The zero-order valence-corrected chi connectivity index (χ0v) is 11.8. The highest BCUT2D eigenvalue weighted by Crippen LogP contribution is 2.25. The van der Waals surface area contributed by atoms with Crippen LogP contribution in [0.2, 0.25) is 0 Å². The van der Waals surface area contributed by atoms with Crippen LogP contribution in [0.5, 0.6) is 0 Å². The van der Waals surface area contributed by atoms with Crippen LogP contribution in [0.3, 0.4) is 0 Å². The van der Waals surface area contributed by atoms with Gasteiger partial charge in [0, 0.05) is 22.8 Å². The van der Waals surface area contributed by atoms with Crippen molar-refractivity contribution < 1.29 is 9.21 Å². The molecule has 0 aromatic carbocycles. The van der Waals surface area contributed by atoms with E-state index in [2.05, 4.69) is 20.9 Å². The summed E-state index contributed by atoms with van der Waals surface area (Å²) >= 11 is 4.78. The number of anilines is 1. The van der Waals surface area contributed by atoms with Crippen molar-refractivity contribution in [3.05, 3.63) is 32.3 Å². The summed E-state index contributed by atoms with van der Waals surface area (Å²) in [6.07, 6.45) is 0.665. The molecule has 0 bridgehead atoms. The molecule has 1 amide bonds. The molecule has 1 aliphatic rings. The average Bonchev–Trinajstić information content (AvgIpc) is 2.92. The van der Waals surface area contributed by atoms with E-state index in [1.165, 1.54) is 11.3 Å². The van der Waals surface area contributed by atoms with Crippen molar-refractivity contribution in [1.82, 2.24) is 9.88 Å². The molecule has 1 aliphatic heterocycles. The number of amides is 1. The lowest BCUT2D eigenvalue weighted by molar-refractivity contribution is 0.0733. The molecule has 0 radical (unpaired) electrons. The van der Waals surface area contributed by atoms with E-state index in [4.69, 9.17) is 10.2 Å². The number of thiophene rings is 1. The third kappa shape index (κ3) is 2.04. The summed E-state index contributed by atoms with van der Waals surface area (Å²) in [6, 6.07) is 2.01. The third-order valence-corrected chi connectivity index (χ3v) is 4.49.